The zero-order chi connectivity index (χ0) is 24.1. The van der Waals surface area contributed by atoms with Crippen molar-refractivity contribution in [2.45, 2.75) is 45.3 Å². The molecule has 1 fully saturated rings. The van der Waals surface area contributed by atoms with Crippen LogP contribution in [0.3, 0.4) is 0 Å². The number of carbonyl (C=O) groups excluding carboxylic acids is 2. The van der Waals surface area contributed by atoms with Crippen molar-refractivity contribution in [2.24, 2.45) is 5.92 Å². The van der Waals surface area contributed by atoms with Gasteiger partial charge in [-0.15, -0.1) is 11.3 Å². The minimum Gasteiger partial charge on any atom is -0.384 e. The number of nitrogens with two attached hydrogens (primary N) is 1. The third-order valence-electron chi connectivity index (χ3n) is 6.12. The Labute approximate surface area is 203 Å². The highest BCUT2D eigenvalue weighted by molar-refractivity contribution is 7.13. The van der Waals surface area contributed by atoms with E-state index in [1.807, 2.05) is 24.6 Å². The van der Waals surface area contributed by atoms with Crippen molar-refractivity contribution in [3.8, 4) is 10.6 Å². The number of pyridine rings is 1. The standard InChI is InChI=1S/C25H30N6O2S/c1-15-20(7-8-22(26)30-15)14-29-23(32)16(2)31-24(33)21-12-18(13-28-21)11-17-3-5-19(6-4-17)25-27-9-10-34-25/h3-10,16,18,21,28H,11-14H2,1-2H3,(H2,26,30)(H,29,32)(H,31,33)/t16-,18-,21+/m0/s1. The summed E-state index contributed by atoms with van der Waals surface area (Å²) in [6, 6.07) is 11.1. The number of carbonyl (C=O) groups is 2. The van der Waals surface area contributed by atoms with Crippen LogP contribution < -0.4 is 21.7 Å². The number of nitrogens with one attached hydrogen (secondary N) is 3. The molecule has 0 saturated carbocycles. The van der Waals surface area contributed by atoms with E-state index in [0.717, 1.165) is 41.2 Å². The van der Waals surface area contributed by atoms with E-state index in [1.165, 1.54) is 5.56 Å². The Morgan fingerprint density at radius 3 is 2.74 bits per heavy atom. The van der Waals surface area contributed by atoms with Gasteiger partial charge in [-0.05, 0) is 56.3 Å². The van der Waals surface area contributed by atoms with Crippen molar-refractivity contribution in [1.29, 1.82) is 0 Å². The second-order valence-electron chi connectivity index (χ2n) is 8.73. The fourth-order valence-corrected chi connectivity index (χ4v) is 4.80. The predicted molar refractivity (Wildman–Crippen MR) is 134 cm³/mol. The van der Waals surface area contributed by atoms with Crippen LogP contribution >= 0.6 is 11.3 Å². The number of aromatic nitrogens is 2. The summed E-state index contributed by atoms with van der Waals surface area (Å²) in [4.78, 5) is 33.7. The summed E-state index contributed by atoms with van der Waals surface area (Å²) in [7, 11) is 0. The Hall–Kier alpha value is -3.30. The quantitative estimate of drug-likeness (QED) is 0.395. The molecule has 1 aromatic carbocycles. The summed E-state index contributed by atoms with van der Waals surface area (Å²) >= 11 is 1.63. The first-order chi connectivity index (χ1) is 16.4. The zero-order valence-electron chi connectivity index (χ0n) is 19.4. The second-order valence-corrected chi connectivity index (χ2v) is 9.62. The highest BCUT2D eigenvalue weighted by Crippen LogP contribution is 2.24. The number of hydrogen-bond donors (Lipinski definition) is 4. The first-order valence-electron chi connectivity index (χ1n) is 11.4. The van der Waals surface area contributed by atoms with Crippen LogP contribution in [0.25, 0.3) is 10.6 Å². The van der Waals surface area contributed by atoms with E-state index in [9.17, 15) is 9.59 Å². The van der Waals surface area contributed by atoms with Crippen LogP contribution in [0.15, 0.2) is 48.0 Å². The van der Waals surface area contributed by atoms with Crippen LogP contribution in [0, 0.1) is 12.8 Å². The number of hydrogen-bond acceptors (Lipinski definition) is 7. The number of nitrogen functional groups attached to an aromatic ring is 1. The molecule has 9 heteroatoms. The molecule has 3 heterocycles. The summed E-state index contributed by atoms with van der Waals surface area (Å²) in [5.41, 5.74) is 9.70. The molecule has 34 heavy (non-hydrogen) atoms. The average Bonchev–Trinajstić information content (AvgIpc) is 3.51. The number of nitrogens with zero attached hydrogens (tertiary/aromatic N) is 2. The Morgan fingerprint density at radius 2 is 2.03 bits per heavy atom. The molecule has 3 atom stereocenters. The summed E-state index contributed by atoms with van der Waals surface area (Å²) in [5.74, 6) is 0.434. The fraction of sp³-hybridized carbons (Fsp3) is 0.360. The molecular weight excluding hydrogens is 448 g/mol. The van der Waals surface area contributed by atoms with Crippen molar-refractivity contribution >= 4 is 29.0 Å². The number of amides is 2. The number of benzene rings is 1. The Kier molecular flexibility index (Phi) is 7.54. The summed E-state index contributed by atoms with van der Waals surface area (Å²) in [6.07, 6.45) is 3.46. The summed E-state index contributed by atoms with van der Waals surface area (Å²) < 4.78 is 0. The molecule has 8 nitrogen and oxygen atoms in total. The van der Waals surface area contributed by atoms with E-state index >= 15 is 0 Å². The molecule has 2 amide bonds. The van der Waals surface area contributed by atoms with Crippen molar-refractivity contribution < 1.29 is 9.59 Å². The van der Waals surface area contributed by atoms with Gasteiger partial charge in [0.15, 0.2) is 0 Å². The lowest BCUT2D eigenvalue weighted by molar-refractivity contribution is -0.129. The van der Waals surface area contributed by atoms with Gasteiger partial charge in [0.05, 0.1) is 6.04 Å². The van der Waals surface area contributed by atoms with Crippen molar-refractivity contribution in [2.75, 3.05) is 12.3 Å². The number of rotatable bonds is 8. The monoisotopic (exact) mass is 478 g/mol. The van der Waals surface area contributed by atoms with Crippen LogP contribution in [-0.2, 0) is 22.6 Å². The lowest BCUT2D eigenvalue weighted by Crippen LogP contribution is -2.50. The van der Waals surface area contributed by atoms with E-state index in [4.69, 9.17) is 5.73 Å². The molecule has 2 aromatic heterocycles. The molecule has 4 rings (SSSR count). The van der Waals surface area contributed by atoms with Crippen molar-refractivity contribution in [3.05, 3.63) is 64.8 Å². The van der Waals surface area contributed by atoms with Gasteiger partial charge in [0.1, 0.15) is 16.9 Å². The highest BCUT2D eigenvalue weighted by atomic mass is 32.1. The van der Waals surface area contributed by atoms with E-state index in [2.05, 4.69) is 50.2 Å². The molecule has 0 spiro atoms. The van der Waals surface area contributed by atoms with Crippen LogP contribution in [0.4, 0.5) is 5.82 Å². The highest BCUT2D eigenvalue weighted by Gasteiger charge is 2.30. The number of aryl methyl sites for hydroxylation is 1. The van der Waals surface area contributed by atoms with Crippen LogP contribution in [0.1, 0.15) is 30.2 Å². The van der Waals surface area contributed by atoms with Crippen molar-refractivity contribution in [3.63, 3.8) is 0 Å². The smallest absolute Gasteiger partial charge is 0.242 e. The molecule has 1 saturated heterocycles. The minimum atomic E-state index is -0.631. The van der Waals surface area contributed by atoms with E-state index in [1.54, 1.807) is 24.3 Å². The van der Waals surface area contributed by atoms with Crippen LogP contribution in [-0.4, -0.2) is 40.4 Å². The third-order valence-corrected chi connectivity index (χ3v) is 6.94. The topological polar surface area (TPSA) is 122 Å². The lowest BCUT2D eigenvalue weighted by atomic mass is 9.96. The first kappa shape index (κ1) is 23.8. The van der Waals surface area contributed by atoms with Gasteiger partial charge in [-0.3, -0.25) is 9.59 Å². The Balaban J connectivity index is 1.22. The first-order valence-corrected chi connectivity index (χ1v) is 12.3. The van der Waals surface area contributed by atoms with Gasteiger partial charge in [0.2, 0.25) is 11.8 Å². The van der Waals surface area contributed by atoms with Gasteiger partial charge < -0.3 is 21.7 Å². The van der Waals surface area contributed by atoms with E-state index < -0.39 is 6.04 Å². The molecule has 0 radical (unpaired) electrons. The van der Waals surface area contributed by atoms with Gasteiger partial charge >= 0.3 is 0 Å². The number of anilines is 1. The maximum absolute atomic E-state index is 12.7. The molecule has 178 valence electrons. The van der Waals surface area contributed by atoms with Crippen LogP contribution in [0.5, 0.6) is 0 Å². The number of thiazole rings is 1. The fourth-order valence-electron chi connectivity index (χ4n) is 4.16. The van der Waals surface area contributed by atoms with Gasteiger partial charge in [-0.2, -0.15) is 0 Å². The molecule has 0 unspecified atom stereocenters. The van der Waals surface area contributed by atoms with E-state index in [0.29, 0.717) is 18.3 Å². The SMILES string of the molecule is Cc1nc(N)ccc1CNC(=O)[C@H](C)NC(=O)[C@H]1C[C@H](Cc2ccc(-c3nccs3)cc2)CN1. The third kappa shape index (κ3) is 5.98. The van der Waals surface area contributed by atoms with E-state index in [-0.39, 0.29) is 17.9 Å². The Morgan fingerprint density at radius 1 is 1.24 bits per heavy atom. The molecule has 3 aromatic rings. The average molecular weight is 479 g/mol. The molecule has 1 aliphatic heterocycles. The van der Waals surface area contributed by atoms with Gasteiger partial charge in [-0.1, -0.05) is 30.3 Å². The normalized spacial score (nSPS) is 18.4. The van der Waals surface area contributed by atoms with Crippen molar-refractivity contribution in [1.82, 2.24) is 25.9 Å². The maximum Gasteiger partial charge on any atom is 0.242 e. The van der Waals surface area contributed by atoms with Gasteiger partial charge in [0, 0.05) is 29.4 Å². The largest absolute Gasteiger partial charge is 0.384 e. The molecular formula is C25H30N6O2S. The van der Waals surface area contributed by atoms with Crippen LogP contribution in [0.2, 0.25) is 0 Å². The summed E-state index contributed by atoms with van der Waals surface area (Å²) in [6.45, 7) is 4.65. The molecule has 1 aliphatic rings. The Bertz CT molecular complexity index is 1130. The lowest BCUT2D eigenvalue weighted by Gasteiger charge is -2.17. The summed E-state index contributed by atoms with van der Waals surface area (Å²) in [5, 5.41) is 12.0. The zero-order valence-corrected chi connectivity index (χ0v) is 20.2. The van der Waals surface area contributed by atoms with Gasteiger partial charge in [0.25, 0.3) is 0 Å². The molecule has 5 N–H and O–H groups in total. The maximum atomic E-state index is 12.7. The molecule has 0 aliphatic carbocycles. The second kappa shape index (κ2) is 10.8. The predicted octanol–water partition coefficient (Wildman–Crippen LogP) is 2.44. The minimum absolute atomic E-state index is 0.144. The molecule has 0 bridgehead atoms. The van der Waals surface area contributed by atoms with Gasteiger partial charge in [-0.25, -0.2) is 9.97 Å².